The highest BCUT2D eigenvalue weighted by molar-refractivity contribution is 6.10. The first-order chi connectivity index (χ1) is 24.8. The van der Waals surface area contributed by atoms with Crippen LogP contribution in [-0.4, -0.2) is 19.9 Å². The lowest BCUT2D eigenvalue weighted by molar-refractivity contribution is 1.07. The molecule has 4 nitrogen and oxygen atoms in total. The molecule has 0 aliphatic heterocycles. The first-order valence-electron chi connectivity index (χ1n) is 16.7. The molecule has 0 atom stereocenters. The Bertz CT molecular complexity index is 2620. The van der Waals surface area contributed by atoms with Crippen molar-refractivity contribution in [1.82, 2.24) is 19.9 Å². The van der Waals surface area contributed by atoms with Gasteiger partial charge in [-0.05, 0) is 50.9 Å². The van der Waals surface area contributed by atoms with Gasteiger partial charge >= 0.3 is 0 Å². The van der Waals surface area contributed by atoms with E-state index in [9.17, 15) is 0 Å². The Kier molecular flexibility index (Phi) is 7.45. The number of benzene rings is 7. The molecule has 2 aromatic heterocycles. The van der Waals surface area contributed by atoms with E-state index in [0.717, 1.165) is 49.7 Å². The van der Waals surface area contributed by atoms with Gasteiger partial charge in [-0.25, -0.2) is 15.0 Å². The Labute approximate surface area is 290 Å². The summed E-state index contributed by atoms with van der Waals surface area (Å²) >= 11 is 0. The van der Waals surface area contributed by atoms with E-state index < -0.39 is 0 Å². The zero-order chi connectivity index (χ0) is 33.3. The number of fused-ring (bicyclic) bond motifs is 3. The summed E-state index contributed by atoms with van der Waals surface area (Å²) in [7, 11) is 0. The number of aromatic nitrogens is 4. The van der Waals surface area contributed by atoms with Crippen LogP contribution < -0.4 is 0 Å². The summed E-state index contributed by atoms with van der Waals surface area (Å²) < 4.78 is 0. The van der Waals surface area contributed by atoms with Crippen molar-refractivity contribution in [1.29, 1.82) is 0 Å². The van der Waals surface area contributed by atoms with Gasteiger partial charge < -0.3 is 0 Å². The Balaban J connectivity index is 1.07. The van der Waals surface area contributed by atoms with E-state index in [2.05, 4.69) is 138 Å². The van der Waals surface area contributed by atoms with Crippen molar-refractivity contribution in [2.75, 3.05) is 0 Å². The first kappa shape index (κ1) is 29.4. The standard InChI is InChI=1S/C46H30N4/c1-3-10-31(11-4-1)32-21-25-37(26-22-32)45-48-44(36-12-5-2-6-13-36)49-46(50-45)39-15-7-14-38(30-39)33-19-23-34(24-20-33)40-17-8-18-42-41(40)28-27-35-16-9-29-47-43(35)42/h1-30H. The van der Waals surface area contributed by atoms with Gasteiger partial charge in [0.05, 0.1) is 5.52 Å². The molecule has 2 heterocycles. The number of hydrogen-bond acceptors (Lipinski definition) is 4. The molecule has 234 valence electrons. The van der Waals surface area contributed by atoms with Gasteiger partial charge in [-0.1, -0.05) is 164 Å². The van der Waals surface area contributed by atoms with Crippen LogP contribution in [0.15, 0.2) is 182 Å². The third kappa shape index (κ3) is 5.59. The van der Waals surface area contributed by atoms with Gasteiger partial charge in [-0.15, -0.1) is 0 Å². The van der Waals surface area contributed by atoms with Crippen LogP contribution in [-0.2, 0) is 0 Å². The molecule has 0 saturated carbocycles. The molecule has 0 spiro atoms. The Hall–Kier alpha value is -6.78. The van der Waals surface area contributed by atoms with Crippen LogP contribution >= 0.6 is 0 Å². The highest BCUT2D eigenvalue weighted by Crippen LogP contribution is 2.34. The zero-order valence-corrected chi connectivity index (χ0v) is 27.1. The predicted molar refractivity (Wildman–Crippen MR) is 205 cm³/mol. The molecule has 7 aromatic carbocycles. The third-order valence-corrected chi connectivity index (χ3v) is 9.20. The molecule has 0 unspecified atom stereocenters. The van der Waals surface area contributed by atoms with E-state index in [1.54, 1.807) is 0 Å². The summed E-state index contributed by atoms with van der Waals surface area (Å²) in [6.07, 6.45) is 1.86. The van der Waals surface area contributed by atoms with E-state index in [0.29, 0.717) is 17.5 Å². The third-order valence-electron chi connectivity index (χ3n) is 9.20. The van der Waals surface area contributed by atoms with Crippen molar-refractivity contribution in [3.8, 4) is 67.5 Å². The largest absolute Gasteiger partial charge is 0.256 e. The summed E-state index contributed by atoms with van der Waals surface area (Å²) in [4.78, 5) is 19.6. The fourth-order valence-electron chi connectivity index (χ4n) is 6.63. The molecule has 9 aromatic rings. The maximum Gasteiger partial charge on any atom is 0.164 e. The molecule has 50 heavy (non-hydrogen) atoms. The van der Waals surface area contributed by atoms with Gasteiger partial charge in [0, 0.05) is 33.7 Å². The minimum atomic E-state index is 0.635. The molecule has 0 aliphatic carbocycles. The number of hydrogen-bond donors (Lipinski definition) is 0. The van der Waals surface area contributed by atoms with Crippen LogP contribution in [0.4, 0.5) is 0 Å². The maximum absolute atomic E-state index is 5.01. The molecule has 4 heteroatoms. The number of rotatable bonds is 6. The molecule has 0 N–H and O–H groups in total. The monoisotopic (exact) mass is 638 g/mol. The van der Waals surface area contributed by atoms with E-state index in [1.165, 1.54) is 22.1 Å². The lowest BCUT2D eigenvalue weighted by Crippen LogP contribution is -2.00. The molecular formula is C46H30N4. The Morgan fingerprint density at radius 2 is 0.820 bits per heavy atom. The van der Waals surface area contributed by atoms with Crippen LogP contribution in [0, 0.1) is 0 Å². The summed E-state index contributed by atoms with van der Waals surface area (Å²) in [6.45, 7) is 0. The van der Waals surface area contributed by atoms with E-state index in [-0.39, 0.29) is 0 Å². The number of pyridine rings is 1. The molecule has 0 saturated heterocycles. The summed E-state index contributed by atoms with van der Waals surface area (Å²) in [5.41, 5.74) is 10.7. The average molecular weight is 639 g/mol. The maximum atomic E-state index is 5.01. The van der Waals surface area contributed by atoms with Crippen molar-refractivity contribution in [3.05, 3.63) is 182 Å². The van der Waals surface area contributed by atoms with Gasteiger partial charge in [0.15, 0.2) is 17.5 Å². The highest BCUT2D eigenvalue weighted by atomic mass is 15.0. The van der Waals surface area contributed by atoms with Gasteiger partial charge in [0.25, 0.3) is 0 Å². The summed E-state index contributed by atoms with van der Waals surface area (Å²) in [6, 6.07) is 61.0. The van der Waals surface area contributed by atoms with Crippen LogP contribution in [0.3, 0.4) is 0 Å². The SMILES string of the molecule is c1ccc(-c2ccc(-c3nc(-c4ccccc4)nc(-c4cccc(-c5ccc(-c6cccc7c6ccc6cccnc67)cc5)c4)n3)cc2)cc1. The Morgan fingerprint density at radius 1 is 0.300 bits per heavy atom. The van der Waals surface area contributed by atoms with Crippen LogP contribution in [0.5, 0.6) is 0 Å². The number of nitrogens with zero attached hydrogens (tertiary/aromatic N) is 4. The molecule has 0 aliphatic rings. The molecule has 0 radical (unpaired) electrons. The van der Waals surface area contributed by atoms with Gasteiger partial charge in [0.1, 0.15) is 0 Å². The molecule has 0 bridgehead atoms. The lowest BCUT2D eigenvalue weighted by Gasteiger charge is -2.11. The minimum Gasteiger partial charge on any atom is -0.256 e. The van der Waals surface area contributed by atoms with Crippen molar-refractivity contribution < 1.29 is 0 Å². The normalized spacial score (nSPS) is 11.2. The second kappa shape index (κ2) is 12.7. The van der Waals surface area contributed by atoms with Gasteiger partial charge in [0.2, 0.25) is 0 Å². The molecule has 9 rings (SSSR count). The fourth-order valence-corrected chi connectivity index (χ4v) is 6.63. The molecule has 0 amide bonds. The summed E-state index contributed by atoms with van der Waals surface area (Å²) in [5, 5.41) is 3.51. The van der Waals surface area contributed by atoms with Crippen molar-refractivity contribution in [3.63, 3.8) is 0 Å². The van der Waals surface area contributed by atoms with Gasteiger partial charge in [-0.2, -0.15) is 0 Å². The highest BCUT2D eigenvalue weighted by Gasteiger charge is 2.14. The Morgan fingerprint density at radius 3 is 1.54 bits per heavy atom. The molecule has 0 fully saturated rings. The van der Waals surface area contributed by atoms with Gasteiger partial charge in [-0.3, -0.25) is 4.98 Å². The second-order valence-corrected chi connectivity index (χ2v) is 12.3. The quantitative estimate of drug-likeness (QED) is 0.170. The fraction of sp³-hybridized carbons (Fsp3) is 0. The van der Waals surface area contributed by atoms with E-state index in [4.69, 9.17) is 15.0 Å². The smallest absolute Gasteiger partial charge is 0.164 e. The van der Waals surface area contributed by atoms with E-state index >= 15 is 0 Å². The lowest BCUT2D eigenvalue weighted by atomic mass is 9.94. The van der Waals surface area contributed by atoms with Crippen LogP contribution in [0.2, 0.25) is 0 Å². The van der Waals surface area contributed by atoms with Crippen molar-refractivity contribution in [2.24, 2.45) is 0 Å². The van der Waals surface area contributed by atoms with Crippen molar-refractivity contribution in [2.45, 2.75) is 0 Å². The second-order valence-electron chi connectivity index (χ2n) is 12.3. The molecular weight excluding hydrogens is 609 g/mol. The first-order valence-corrected chi connectivity index (χ1v) is 16.7. The topological polar surface area (TPSA) is 51.6 Å². The van der Waals surface area contributed by atoms with Crippen LogP contribution in [0.25, 0.3) is 89.2 Å². The average Bonchev–Trinajstić information content (AvgIpc) is 3.21. The van der Waals surface area contributed by atoms with E-state index in [1.807, 2.05) is 48.7 Å². The summed E-state index contributed by atoms with van der Waals surface area (Å²) in [5.74, 6) is 1.92. The predicted octanol–water partition coefficient (Wildman–Crippen LogP) is 11.6. The zero-order valence-electron chi connectivity index (χ0n) is 27.1. The van der Waals surface area contributed by atoms with Crippen molar-refractivity contribution >= 4 is 21.7 Å². The van der Waals surface area contributed by atoms with Crippen LogP contribution in [0.1, 0.15) is 0 Å². The minimum absolute atomic E-state index is 0.635.